The van der Waals surface area contributed by atoms with E-state index < -0.39 is 41.7 Å². The van der Waals surface area contributed by atoms with Crippen LogP contribution in [0.25, 0.3) is 11.1 Å². The molecule has 0 saturated carbocycles. The Bertz CT molecular complexity index is 991. The van der Waals surface area contributed by atoms with Gasteiger partial charge in [-0.3, -0.25) is 14.4 Å². The van der Waals surface area contributed by atoms with Crippen molar-refractivity contribution in [2.75, 3.05) is 5.75 Å². The monoisotopic (exact) mass is 480 g/mol. The highest BCUT2D eigenvalue weighted by Gasteiger charge is 2.47. The molecule has 2 aromatic rings. The number of ether oxygens (including phenoxy) is 4. The number of benzene rings is 1. The molecule has 0 radical (unpaired) electrons. The van der Waals surface area contributed by atoms with Crippen LogP contribution >= 0.6 is 23.4 Å². The van der Waals surface area contributed by atoms with E-state index in [1.807, 2.05) is 0 Å². The molecule has 0 spiro atoms. The molecule has 1 aliphatic rings. The molecule has 1 aromatic carbocycles. The number of aromatic nitrogens is 2. The fourth-order valence-electron chi connectivity index (χ4n) is 3.16. The van der Waals surface area contributed by atoms with Crippen LogP contribution in [0.1, 0.15) is 20.8 Å². The molecule has 0 amide bonds. The van der Waals surface area contributed by atoms with Crippen molar-refractivity contribution in [1.29, 1.82) is 0 Å². The van der Waals surface area contributed by atoms with Crippen molar-refractivity contribution in [1.82, 2.24) is 9.97 Å². The largest absolute Gasteiger partial charge is 0.474 e. The summed E-state index contributed by atoms with van der Waals surface area (Å²) in [6.45, 7) is 3.69. The average Bonchev–Trinajstić information content (AvgIpc) is 2.73. The van der Waals surface area contributed by atoms with Gasteiger partial charge in [-0.1, -0.05) is 17.7 Å². The van der Waals surface area contributed by atoms with E-state index in [9.17, 15) is 14.4 Å². The van der Waals surface area contributed by atoms with E-state index in [0.717, 1.165) is 11.1 Å². The molecule has 32 heavy (non-hydrogen) atoms. The predicted molar refractivity (Wildman–Crippen MR) is 116 cm³/mol. The van der Waals surface area contributed by atoms with Gasteiger partial charge in [0, 0.05) is 44.5 Å². The molecule has 0 unspecified atom stereocenters. The number of hydrogen-bond donors (Lipinski definition) is 0. The van der Waals surface area contributed by atoms with Crippen LogP contribution in [-0.4, -0.2) is 57.4 Å². The molecule has 1 aliphatic heterocycles. The lowest BCUT2D eigenvalue weighted by Gasteiger charge is -2.40. The van der Waals surface area contributed by atoms with Crippen molar-refractivity contribution in [2.24, 2.45) is 0 Å². The Morgan fingerprint density at radius 3 is 2.19 bits per heavy atom. The highest BCUT2D eigenvalue weighted by Crippen LogP contribution is 2.37. The Morgan fingerprint density at radius 1 is 0.938 bits per heavy atom. The lowest BCUT2D eigenvalue weighted by molar-refractivity contribution is -0.186. The van der Waals surface area contributed by atoms with E-state index in [-0.39, 0.29) is 5.75 Å². The third-order valence-corrected chi connectivity index (χ3v) is 5.90. The zero-order valence-corrected chi connectivity index (χ0v) is 19.1. The molecular formula is C21H21ClN2O7S. The quantitative estimate of drug-likeness (QED) is 0.451. The summed E-state index contributed by atoms with van der Waals surface area (Å²) >= 11 is 7.59. The van der Waals surface area contributed by atoms with Crippen LogP contribution in [0.4, 0.5) is 0 Å². The van der Waals surface area contributed by atoms with E-state index in [1.165, 1.54) is 38.9 Å². The van der Waals surface area contributed by atoms with Crippen LogP contribution in [0, 0.1) is 0 Å². The highest BCUT2D eigenvalue weighted by molar-refractivity contribution is 7.99. The number of halogens is 1. The van der Waals surface area contributed by atoms with Gasteiger partial charge in [0.1, 0.15) is 12.1 Å². The predicted octanol–water partition coefficient (Wildman–Crippen LogP) is 3.04. The number of carbonyl (C=O) groups excluding carboxylic acids is 3. The zero-order chi connectivity index (χ0) is 23.3. The van der Waals surface area contributed by atoms with Crippen molar-refractivity contribution in [3.05, 3.63) is 41.9 Å². The van der Waals surface area contributed by atoms with Crippen molar-refractivity contribution in [3.63, 3.8) is 0 Å². The van der Waals surface area contributed by atoms with Gasteiger partial charge in [0.2, 0.25) is 0 Å². The standard InChI is InChI=1S/C21H21ClN2O7S/c1-11(25)28-18-9-32-21(20(30-13(3)27)19(18)29-12(2)26)31-17-6-14(4-5-16(17)22)15-7-23-10-24-8-15/h4-8,10,18-21H,9H2,1-3H3/t18-,19+,20-,21-/m1/s1. The second-order valence-electron chi connectivity index (χ2n) is 6.89. The third kappa shape index (κ3) is 6.10. The Hall–Kier alpha value is -2.85. The fraction of sp³-hybridized carbons (Fsp3) is 0.381. The number of rotatable bonds is 6. The number of carbonyl (C=O) groups is 3. The van der Waals surface area contributed by atoms with Gasteiger partial charge in [0.05, 0.1) is 5.02 Å². The number of nitrogens with zero attached hydrogens (tertiary/aromatic N) is 2. The first-order valence-electron chi connectivity index (χ1n) is 9.59. The van der Waals surface area contributed by atoms with Gasteiger partial charge in [0.15, 0.2) is 23.7 Å². The maximum atomic E-state index is 11.8. The molecule has 9 nitrogen and oxygen atoms in total. The van der Waals surface area contributed by atoms with Crippen LogP contribution in [0.15, 0.2) is 36.9 Å². The first kappa shape index (κ1) is 23.8. The van der Waals surface area contributed by atoms with Gasteiger partial charge in [0.25, 0.3) is 0 Å². The lowest BCUT2D eigenvalue weighted by atomic mass is 10.1. The van der Waals surface area contributed by atoms with Crippen molar-refractivity contribution in [2.45, 2.75) is 44.5 Å². The lowest BCUT2D eigenvalue weighted by Crippen LogP contribution is -2.55. The van der Waals surface area contributed by atoms with Crippen LogP contribution in [0.5, 0.6) is 5.75 Å². The van der Waals surface area contributed by atoms with Gasteiger partial charge < -0.3 is 18.9 Å². The molecule has 2 heterocycles. The smallest absolute Gasteiger partial charge is 0.303 e. The Labute approximate surface area is 193 Å². The molecule has 4 atom stereocenters. The van der Waals surface area contributed by atoms with Gasteiger partial charge in [-0.25, -0.2) is 9.97 Å². The van der Waals surface area contributed by atoms with E-state index in [1.54, 1.807) is 30.6 Å². The second-order valence-corrected chi connectivity index (χ2v) is 8.43. The molecule has 0 bridgehead atoms. The molecule has 1 fully saturated rings. The van der Waals surface area contributed by atoms with Gasteiger partial charge in [-0.15, -0.1) is 11.8 Å². The van der Waals surface area contributed by atoms with Crippen LogP contribution in [0.2, 0.25) is 5.02 Å². The van der Waals surface area contributed by atoms with Crippen molar-refractivity contribution < 1.29 is 33.3 Å². The minimum Gasteiger partial charge on any atom is -0.474 e. The topological polar surface area (TPSA) is 114 Å². The fourth-order valence-corrected chi connectivity index (χ4v) is 4.53. The van der Waals surface area contributed by atoms with E-state index in [2.05, 4.69) is 9.97 Å². The summed E-state index contributed by atoms with van der Waals surface area (Å²) in [4.78, 5) is 43.0. The summed E-state index contributed by atoms with van der Waals surface area (Å²) in [5.41, 5.74) is 0.744. The molecular weight excluding hydrogens is 460 g/mol. The van der Waals surface area contributed by atoms with Gasteiger partial charge in [-0.2, -0.15) is 0 Å². The average molecular weight is 481 g/mol. The van der Waals surface area contributed by atoms with Gasteiger partial charge >= 0.3 is 17.9 Å². The maximum Gasteiger partial charge on any atom is 0.303 e. The van der Waals surface area contributed by atoms with E-state index >= 15 is 0 Å². The van der Waals surface area contributed by atoms with Crippen LogP contribution in [0.3, 0.4) is 0 Å². The first-order chi connectivity index (χ1) is 15.2. The molecule has 0 N–H and O–H groups in total. The van der Waals surface area contributed by atoms with Crippen LogP contribution < -0.4 is 4.74 Å². The Kier molecular flexibility index (Phi) is 7.92. The van der Waals surface area contributed by atoms with Gasteiger partial charge in [-0.05, 0) is 17.7 Å². The number of thioether (sulfide) groups is 1. The minimum absolute atomic E-state index is 0.254. The third-order valence-electron chi connectivity index (χ3n) is 4.37. The zero-order valence-electron chi connectivity index (χ0n) is 17.5. The maximum absolute atomic E-state index is 11.8. The number of esters is 3. The molecule has 170 valence electrons. The summed E-state index contributed by atoms with van der Waals surface area (Å²) in [7, 11) is 0. The van der Waals surface area contributed by atoms with Crippen molar-refractivity contribution in [3.8, 4) is 16.9 Å². The summed E-state index contributed by atoms with van der Waals surface area (Å²) in [5.74, 6) is -1.18. The summed E-state index contributed by atoms with van der Waals surface area (Å²) in [5, 5.41) is 0.332. The minimum atomic E-state index is -1.05. The SMILES string of the molecule is CC(=O)O[C@@H]1[C@@H](OC(C)=O)[C@H](OC(C)=O)CS[C@H]1Oc1cc(-c2cncnc2)ccc1Cl. The number of hydrogen-bond acceptors (Lipinski definition) is 10. The summed E-state index contributed by atoms with van der Waals surface area (Å²) in [6.07, 6.45) is 1.83. The molecule has 0 aliphatic carbocycles. The molecule has 1 saturated heterocycles. The Morgan fingerprint density at radius 2 is 1.56 bits per heavy atom. The Balaban J connectivity index is 1.91. The summed E-state index contributed by atoms with van der Waals surface area (Å²) < 4.78 is 22.2. The molecule has 3 rings (SSSR count). The molecule has 1 aromatic heterocycles. The normalized spacial score (nSPS) is 22.5. The van der Waals surface area contributed by atoms with E-state index in [0.29, 0.717) is 10.8 Å². The second kappa shape index (κ2) is 10.6. The van der Waals surface area contributed by atoms with Crippen molar-refractivity contribution >= 4 is 41.3 Å². The van der Waals surface area contributed by atoms with E-state index in [4.69, 9.17) is 30.5 Å². The van der Waals surface area contributed by atoms with Crippen LogP contribution in [-0.2, 0) is 28.6 Å². The molecule has 11 heteroatoms. The highest BCUT2D eigenvalue weighted by atomic mass is 35.5. The summed E-state index contributed by atoms with van der Waals surface area (Å²) in [6, 6.07) is 5.17. The first-order valence-corrected chi connectivity index (χ1v) is 11.0.